The Bertz CT molecular complexity index is 1190. The maximum atomic E-state index is 13.0. The van der Waals surface area contributed by atoms with Crippen molar-refractivity contribution in [2.45, 2.75) is 39.7 Å². The highest BCUT2D eigenvalue weighted by Gasteiger charge is 2.20. The first kappa shape index (κ1) is 18.8. The molecule has 29 heavy (non-hydrogen) atoms. The van der Waals surface area contributed by atoms with Gasteiger partial charge in [0.15, 0.2) is 5.82 Å². The summed E-state index contributed by atoms with van der Waals surface area (Å²) in [5.74, 6) is 1.01. The lowest BCUT2D eigenvalue weighted by Gasteiger charge is -2.13. The molecule has 8 nitrogen and oxygen atoms in total. The lowest BCUT2D eigenvalue weighted by molar-refractivity contribution is 0.532. The van der Waals surface area contributed by atoms with Crippen molar-refractivity contribution in [2.75, 3.05) is 0 Å². The highest BCUT2D eigenvalue weighted by atomic mass is 16.1. The summed E-state index contributed by atoms with van der Waals surface area (Å²) in [6, 6.07) is 5.83. The fourth-order valence-electron chi connectivity index (χ4n) is 3.24. The van der Waals surface area contributed by atoms with Gasteiger partial charge in [-0.05, 0) is 31.9 Å². The zero-order valence-electron chi connectivity index (χ0n) is 16.9. The zero-order valence-corrected chi connectivity index (χ0v) is 16.9. The molecule has 0 aliphatic heterocycles. The molecule has 148 valence electrons. The van der Waals surface area contributed by atoms with Crippen LogP contribution >= 0.6 is 0 Å². The largest absolute Gasteiger partial charge is 0.292 e. The van der Waals surface area contributed by atoms with Crippen LogP contribution in [0, 0.1) is 0 Å². The van der Waals surface area contributed by atoms with Crippen LogP contribution in [0.5, 0.6) is 0 Å². The van der Waals surface area contributed by atoms with Crippen molar-refractivity contribution in [1.29, 1.82) is 0 Å². The standard InChI is InChI=1S/C21H23N7O/c1-13(2)17-18(15-11-24-28(12-15)14(3)4)25-21(26-20(17)29)27-10-9-23-19(27)16-7-5-6-8-22-16/h5-14H,1-4H3,(H,25,26,29). The number of nitrogens with one attached hydrogen (secondary N) is 1. The van der Waals surface area contributed by atoms with Crippen LogP contribution in [0.3, 0.4) is 0 Å². The molecule has 0 aromatic carbocycles. The summed E-state index contributed by atoms with van der Waals surface area (Å²) in [6.07, 6.45) is 8.81. The smallest absolute Gasteiger partial charge is 0.256 e. The number of pyridine rings is 1. The van der Waals surface area contributed by atoms with E-state index in [0.717, 1.165) is 5.56 Å². The fraction of sp³-hybridized carbons (Fsp3) is 0.286. The van der Waals surface area contributed by atoms with Gasteiger partial charge in [0.05, 0.1) is 11.9 Å². The third kappa shape index (κ3) is 3.49. The first-order chi connectivity index (χ1) is 14.0. The summed E-state index contributed by atoms with van der Waals surface area (Å²) < 4.78 is 3.60. The highest BCUT2D eigenvalue weighted by Crippen LogP contribution is 2.26. The van der Waals surface area contributed by atoms with Crippen LogP contribution in [0.25, 0.3) is 28.7 Å². The molecular formula is C21H23N7O. The van der Waals surface area contributed by atoms with E-state index in [-0.39, 0.29) is 17.5 Å². The molecule has 8 heteroatoms. The van der Waals surface area contributed by atoms with Crippen molar-refractivity contribution in [3.05, 3.63) is 65.1 Å². The molecule has 4 aromatic heterocycles. The molecule has 0 unspecified atom stereocenters. The van der Waals surface area contributed by atoms with Gasteiger partial charge in [-0.25, -0.2) is 9.97 Å². The number of aromatic nitrogens is 7. The molecule has 0 bridgehead atoms. The van der Waals surface area contributed by atoms with E-state index < -0.39 is 0 Å². The zero-order chi connectivity index (χ0) is 20.5. The molecule has 0 atom stereocenters. The number of hydrogen-bond acceptors (Lipinski definition) is 5. The van der Waals surface area contributed by atoms with Crippen LogP contribution in [0.2, 0.25) is 0 Å². The molecule has 0 saturated heterocycles. The summed E-state index contributed by atoms with van der Waals surface area (Å²) in [4.78, 5) is 29.5. The van der Waals surface area contributed by atoms with Crippen LogP contribution in [-0.2, 0) is 0 Å². The predicted octanol–water partition coefficient (Wildman–Crippen LogP) is 3.59. The average Bonchev–Trinajstić information content (AvgIpc) is 3.37. The van der Waals surface area contributed by atoms with E-state index in [2.05, 4.69) is 33.9 Å². The molecule has 0 aliphatic rings. The van der Waals surface area contributed by atoms with E-state index in [4.69, 9.17) is 4.98 Å². The Labute approximate surface area is 168 Å². The van der Waals surface area contributed by atoms with Gasteiger partial charge in [0.1, 0.15) is 5.69 Å². The van der Waals surface area contributed by atoms with E-state index in [1.54, 1.807) is 29.4 Å². The Morgan fingerprint density at radius 3 is 2.55 bits per heavy atom. The summed E-state index contributed by atoms with van der Waals surface area (Å²) >= 11 is 0. The Hall–Kier alpha value is -3.55. The Morgan fingerprint density at radius 1 is 1.07 bits per heavy atom. The molecule has 4 heterocycles. The molecule has 0 spiro atoms. The number of nitrogens with zero attached hydrogens (tertiary/aromatic N) is 6. The van der Waals surface area contributed by atoms with Crippen molar-refractivity contribution in [1.82, 2.24) is 34.3 Å². The van der Waals surface area contributed by atoms with E-state index in [1.165, 1.54) is 0 Å². The number of H-pyrrole nitrogens is 1. The first-order valence-corrected chi connectivity index (χ1v) is 9.59. The van der Waals surface area contributed by atoms with Crippen LogP contribution < -0.4 is 5.56 Å². The summed E-state index contributed by atoms with van der Waals surface area (Å²) in [6.45, 7) is 8.08. The SMILES string of the molecule is CC(C)c1c(-c2cnn(C(C)C)c2)nc(-n2ccnc2-c2ccccn2)[nH]c1=O. The van der Waals surface area contributed by atoms with E-state index >= 15 is 0 Å². The van der Waals surface area contributed by atoms with Gasteiger partial charge < -0.3 is 0 Å². The number of imidazole rings is 1. The average molecular weight is 389 g/mol. The second-order valence-electron chi connectivity index (χ2n) is 7.45. The molecule has 4 aromatic rings. The van der Waals surface area contributed by atoms with Gasteiger partial charge in [0.2, 0.25) is 5.95 Å². The first-order valence-electron chi connectivity index (χ1n) is 9.59. The van der Waals surface area contributed by atoms with E-state index in [1.807, 2.05) is 42.9 Å². The molecule has 0 fully saturated rings. The minimum atomic E-state index is -0.169. The lowest BCUT2D eigenvalue weighted by atomic mass is 10.00. The maximum absolute atomic E-state index is 13.0. The van der Waals surface area contributed by atoms with Gasteiger partial charge in [-0.15, -0.1) is 0 Å². The van der Waals surface area contributed by atoms with Gasteiger partial charge in [0, 0.05) is 42.0 Å². The predicted molar refractivity (Wildman–Crippen MR) is 111 cm³/mol. The highest BCUT2D eigenvalue weighted by molar-refractivity contribution is 5.63. The quantitative estimate of drug-likeness (QED) is 0.563. The van der Waals surface area contributed by atoms with Gasteiger partial charge in [-0.2, -0.15) is 5.10 Å². The van der Waals surface area contributed by atoms with Crippen LogP contribution in [0.1, 0.15) is 45.2 Å². The molecule has 4 rings (SSSR count). The summed E-state index contributed by atoms with van der Waals surface area (Å²) in [7, 11) is 0. The number of hydrogen-bond donors (Lipinski definition) is 1. The summed E-state index contributed by atoms with van der Waals surface area (Å²) in [5.41, 5.74) is 2.61. The second kappa shape index (κ2) is 7.46. The third-order valence-electron chi connectivity index (χ3n) is 4.69. The van der Waals surface area contributed by atoms with Crippen molar-refractivity contribution in [3.8, 4) is 28.7 Å². The lowest BCUT2D eigenvalue weighted by Crippen LogP contribution is -2.20. The maximum Gasteiger partial charge on any atom is 0.256 e. The van der Waals surface area contributed by atoms with Crippen molar-refractivity contribution in [3.63, 3.8) is 0 Å². The van der Waals surface area contributed by atoms with Crippen molar-refractivity contribution in [2.24, 2.45) is 0 Å². The normalized spacial score (nSPS) is 11.5. The fourth-order valence-corrected chi connectivity index (χ4v) is 3.24. The van der Waals surface area contributed by atoms with Gasteiger partial charge >= 0.3 is 0 Å². The minimum absolute atomic E-state index is 0.00995. The number of rotatable bonds is 5. The van der Waals surface area contributed by atoms with E-state index in [9.17, 15) is 4.79 Å². The third-order valence-corrected chi connectivity index (χ3v) is 4.69. The minimum Gasteiger partial charge on any atom is -0.292 e. The monoisotopic (exact) mass is 389 g/mol. The molecule has 0 amide bonds. The number of aromatic amines is 1. The van der Waals surface area contributed by atoms with Gasteiger partial charge in [-0.3, -0.25) is 24.0 Å². The van der Waals surface area contributed by atoms with Crippen molar-refractivity contribution < 1.29 is 0 Å². The molecule has 0 saturated carbocycles. The Balaban J connectivity index is 1.90. The van der Waals surface area contributed by atoms with Crippen LogP contribution in [-0.4, -0.2) is 34.3 Å². The summed E-state index contributed by atoms with van der Waals surface area (Å²) in [5, 5.41) is 4.42. The van der Waals surface area contributed by atoms with Crippen molar-refractivity contribution >= 4 is 0 Å². The molecule has 0 radical (unpaired) electrons. The topological polar surface area (TPSA) is 94.3 Å². The Kier molecular flexibility index (Phi) is 4.84. The molecule has 1 N–H and O–H groups in total. The van der Waals surface area contributed by atoms with E-state index in [0.29, 0.717) is 28.7 Å². The van der Waals surface area contributed by atoms with Gasteiger partial charge in [0.25, 0.3) is 5.56 Å². The van der Waals surface area contributed by atoms with Crippen LogP contribution in [0.15, 0.2) is 54.0 Å². The molecular weight excluding hydrogens is 366 g/mol. The second-order valence-corrected chi connectivity index (χ2v) is 7.45. The molecule has 0 aliphatic carbocycles. The Morgan fingerprint density at radius 2 is 1.90 bits per heavy atom. The van der Waals surface area contributed by atoms with Gasteiger partial charge in [-0.1, -0.05) is 19.9 Å². The van der Waals surface area contributed by atoms with Crippen LogP contribution in [0.4, 0.5) is 0 Å².